The van der Waals surface area contributed by atoms with Crippen molar-refractivity contribution >= 4 is 23.4 Å². The van der Waals surface area contributed by atoms with E-state index >= 15 is 0 Å². The summed E-state index contributed by atoms with van der Waals surface area (Å²) >= 11 is 7.93. The molecule has 0 atom stereocenters. The van der Waals surface area contributed by atoms with Crippen molar-refractivity contribution in [1.82, 2.24) is 9.97 Å². The summed E-state index contributed by atoms with van der Waals surface area (Å²) in [5.41, 5.74) is 2.33. The number of halogens is 1. The molecule has 4 heteroatoms. The molecule has 1 aliphatic rings. The van der Waals surface area contributed by atoms with Crippen LogP contribution in [0.3, 0.4) is 0 Å². The van der Waals surface area contributed by atoms with Gasteiger partial charge in [0.2, 0.25) is 0 Å². The zero-order valence-electron chi connectivity index (χ0n) is 12.6. The molecule has 1 aromatic heterocycles. The van der Waals surface area contributed by atoms with Crippen LogP contribution in [0.15, 0.2) is 34.2 Å². The Hall–Kier alpha value is -1.06. The van der Waals surface area contributed by atoms with Crippen LogP contribution in [0, 0.1) is 6.92 Å². The molecule has 1 saturated carbocycles. The molecule has 0 unspecified atom stereocenters. The van der Waals surface area contributed by atoms with Gasteiger partial charge in [0.1, 0.15) is 16.0 Å². The predicted octanol–water partition coefficient (Wildman–Crippen LogP) is 5.59. The van der Waals surface area contributed by atoms with Crippen molar-refractivity contribution in [2.75, 3.05) is 0 Å². The minimum Gasteiger partial charge on any atom is -0.226 e. The minimum absolute atomic E-state index is 0.519. The number of aromatic nitrogens is 2. The van der Waals surface area contributed by atoms with Crippen molar-refractivity contribution in [1.29, 1.82) is 0 Å². The predicted molar refractivity (Wildman–Crippen MR) is 88.4 cm³/mol. The second-order valence-corrected chi connectivity index (χ2v) is 7.32. The maximum atomic E-state index is 6.26. The molecule has 1 aliphatic carbocycles. The van der Waals surface area contributed by atoms with Gasteiger partial charge in [-0.1, -0.05) is 49.3 Å². The fourth-order valence-electron chi connectivity index (χ4n) is 2.14. The highest BCUT2D eigenvalue weighted by Crippen LogP contribution is 2.40. The van der Waals surface area contributed by atoms with Crippen molar-refractivity contribution in [3.63, 3.8) is 0 Å². The van der Waals surface area contributed by atoms with Gasteiger partial charge in [0.15, 0.2) is 0 Å². The second-order valence-electron chi connectivity index (χ2n) is 5.90. The van der Waals surface area contributed by atoms with E-state index in [1.54, 1.807) is 11.8 Å². The lowest BCUT2D eigenvalue weighted by Gasteiger charge is -2.10. The van der Waals surface area contributed by atoms with Gasteiger partial charge in [-0.25, -0.2) is 9.97 Å². The molecule has 0 bridgehead atoms. The topological polar surface area (TPSA) is 25.8 Å². The molecule has 0 saturated heterocycles. The van der Waals surface area contributed by atoms with Gasteiger partial charge in [-0.2, -0.15) is 0 Å². The lowest BCUT2D eigenvalue weighted by atomic mass is 10.0. The molecule has 3 rings (SSSR count). The molecule has 0 amide bonds. The Kier molecular flexibility index (Phi) is 4.23. The molecule has 0 radical (unpaired) electrons. The fourth-order valence-corrected chi connectivity index (χ4v) is 3.26. The lowest BCUT2D eigenvalue weighted by molar-refractivity contribution is 0.860. The molecule has 0 aliphatic heterocycles. The zero-order chi connectivity index (χ0) is 15.0. The van der Waals surface area contributed by atoms with E-state index < -0.39 is 0 Å². The monoisotopic (exact) mass is 318 g/mol. The van der Waals surface area contributed by atoms with E-state index in [0.29, 0.717) is 17.0 Å². The maximum Gasteiger partial charge on any atom is 0.136 e. The lowest BCUT2D eigenvalue weighted by Crippen LogP contribution is -1.98. The summed E-state index contributed by atoms with van der Waals surface area (Å²) in [6.07, 6.45) is 2.37. The number of rotatable bonds is 4. The molecule has 21 heavy (non-hydrogen) atoms. The first-order valence-corrected chi connectivity index (χ1v) is 8.56. The average molecular weight is 319 g/mol. The average Bonchev–Trinajstić information content (AvgIpc) is 3.29. The van der Waals surface area contributed by atoms with Crippen LogP contribution in [0.1, 0.15) is 55.5 Å². The van der Waals surface area contributed by atoms with Gasteiger partial charge in [0.25, 0.3) is 0 Å². The first-order chi connectivity index (χ1) is 10.0. The Balaban J connectivity index is 1.86. The molecule has 110 valence electrons. The zero-order valence-corrected chi connectivity index (χ0v) is 14.1. The van der Waals surface area contributed by atoms with E-state index in [9.17, 15) is 0 Å². The Morgan fingerprint density at radius 2 is 1.81 bits per heavy atom. The highest BCUT2D eigenvalue weighted by Gasteiger charge is 2.28. The van der Waals surface area contributed by atoms with Gasteiger partial charge >= 0.3 is 0 Å². The van der Waals surface area contributed by atoms with E-state index in [1.165, 1.54) is 23.3 Å². The third-order valence-corrected chi connectivity index (χ3v) is 5.23. The van der Waals surface area contributed by atoms with Crippen LogP contribution < -0.4 is 0 Å². The van der Waals surface area contributed by atoms with Crippen molar-refractivity contribution in [2.24, 2.45) is 0 Å². The molecular formula is C17H19ClN2S. The summed E-state index contributed by atoms with van der Waals surface area (Å²) in [6, 6.07) is 8.69. The first kappa shape index (κ1) is 14.9. The van der Waals surface area contributed by atoms with Crippen molar-refractivity contribution < 1.29 is 0 Å². The number of hydrogen-bond donors (Lipinski definition) is 0. The number of hydrogen-bond acceptors (Lipinski definition) is 3. The van der Waals surface area contributed by atoms with E-state index in [4.69, 9.17) is 16.6 Å². The van der Waals surface area contributed by atoms with Crippen molar-refractivity contribution in [3.05, 3.63) is 46.4 Å². The summed E-state index contributed by atoms with van der Waals surface area (Å²) in [6.45, 7) is 6.40. The molecular weight excluding hydrogens is 300 g/mol. The van der Waals surface area contributed by atoms with Crippen LogP contribution in [0.25, 0.3) is 0 Å². The largest absolute Gasteiger partial charge is 0.226 e. The number of benzene rings is 1. The van der Waals surface area contributed by atoms with Crippen LogP contribution in [-0.2, 0) is 0 Å². The van der Waals surface area contributed by atoms with Gasteiger partial charge < -0.3 is 0 Å². The standard InChI is InChI=1S/C17H19ClN2S/c1-10(2)12-6-8-14(9-7-12)21-17-11(3)15(18)19-16(20-17)13-4-5-13/h6-10,13H,4-5H2,1-3H3. The van der Waals surface area contributed by atoms with Gasteiger partial charge in [-0.05, 0) is 43.4 Å². The molecule has 0 N–H and O–H groups in total. The summed E-state index contributed by atoms with van der Waals surface area (Å²) in [4.78, 5) is 10.3. The third kappa shape index (κ3) is 3.41. The molecule has 0 spiro atoms. The summed E-state index contributed by atoms with van der Waals surface area (Å²) < 4.78 is 0. The normalized spacial score (nSPS) is 14.7. The molecule has 2 aromatic rings. The van der Waals surface area contributed by atoms with Crippen molar-refractivity contribution in [2.45, 2.75) is 55.4 Å². The van der Waals surface area contributed by atoms with E-state index in [1.807, 2.05) is 6.92 Å². The van der Waals surface area contributed by atoms with Crippen molar-refractivity contribution in [3.8, 4) is 0 Å². The number of nitrogens with zero attached hydrogens (tertiary/aromatic N) is 2. The SMILES string of the molecule is Cc1c(Cl)nc(C2CC2)nc1Sc1ccc(C(C)C)cc1. The van der Waals surface area contributed by atoms with Crippen LogP contribution in [0.4, 0.5) is 0 Å². The van der Waals surface area contributed by atoms with Gasteiger partial charge in [0, 0.05) is 16.4 Å². The van der Waals surface area contributed by atoms with E-state index in [2.05, 4.69) is 43.1 Å². The first-order valence-electron chi connectivity index (χ1n) is 7.36. The molecule has 2 nitrogen and oxygen atoms in total. The van der Waals surface area contributed by atoms with Gasteiger partial charge in [-0.3, -0.25) is 0 Å². The Morgan fingerprint density at radius 1 is 1.14 bits per heavy atom. The third-order valence-electron chi connectivity index (χ3n) is 3.76. The van der Waals surface area contributed by atoms with Crippen LogP contribution >= 0.6 is 23.4 Å². The van der Waals surface area contributed by atoms with Gasteiger partial charge in [-0.15, -0.1) is 0 Å². The minimum atomic E-state index is 0.519. The maximum absolute atomic E-state index is 6.26. The van der Waals surface area contributed by atoms with Crippen LogP contribution in [0.2, 0.25) is 5.15 Å². The van der Waals surface area contributed by atoms with Crippen LogP contribution in [-0.4, -0.2) is 9.97 Å². The quantitative estimate of drug-likeness (QED) is 0.687. The smallest absolute Gasteiger partial charge is 0.136 e. The van der Waals surface area contributed by atoms with E-state index in [0.717, 1.165) is 16.4 Å². The Labute approximate surface area is 135 Å². The molecule has 1 heterocycles. The summed E-state index contributed by atoms with van der Waals surface area (Å²) in [5.74, 6) is 1.98. The van der Waals surface area contributed by atoms with Crippen LogP contribution in [0.5, 0.6) is 0 Å². The summed E-state index contributed by atoms with van der Waals surface area (Å²) in [7, 11) is 0. The molecule has 1 fully saturated rings. The van der Waals surface area contributed by atoms with Gasteiger partial charge in [0.05, 0.1) is 0 Å². The van der Waals surface area contributed by atoms with E-state index in [-0.39, 0.29) is 0 Å². The Bertz CT molecular complexity index is 649. The fraction of sp³-hybridized carbons (Fsp3) is 0.412. The highest BCUT2D eigenvalue weighted by atomic mass is 35.5. The Morgan fingerprint density at radius 3 is 2.38 bits per heavy atom. The highest BCUT2D eigenvalue weighted by molar-refractivity contribution is 7.99. The second kappa shape index (κ2) is 5.98. The molecule has 1 aromatic carbocycles. The summed E-state index contributed by atoms with van der Waals surface area (Å²) in [5, 5.41) is 1.57.